The molecular weight excluding hydrogens is 540 g/mol. The summed E-state index contributed by atoms with van der Waals surface area (Å²) in [5.41, 5.74) is 2.95. The van der Waals surface area contributed by atoms with Crippen LogP contribution in [0.25, 0.3) is 10.9 Å². The van der Waals surface area contributed by atoms with E-state index >= 15 is 0 Å². The summed E-state index contributed by atoms with van der Waals surface area (Å²) in [5, 5.41) is 10.9. The molecule has 2 unspecified atom stereocenters. The van der Waals surface area contributed by atoms with Crippen molar-refractivity contribution in [3.05, 3.63) is 68.9 Å². The van der Waals surface area contributed by atoms with Crippen LogP contribution < -0.4 is 25.2 Å². The van der Waals surface area contributed by atoms with Gasteiger partial charge in [-0.3, -0.25) is 18.9 Å². The van der Waals surface area contributed by atoms with E-state index in [0.717, 1.165) is 17.5 Å². The molecule has 1 fully saturated rings. The van der Waals surface area contributed by atoms with E-state index in [-0.39, 0.29) is 34.5 Å². The Kier molecular flexibility index (Phi) is 7.67. The number of hydrogen-bond donors (Lipinski definition) is 3. The molecule has 204 valence electrons. The minimum absolute atomic E-state index is 0.0561. The third kappa shape index (κ3) is 5.52. The molecule has 3 N–H and O–H groups in total. The maximum Gasteiger partial charge on any atom is 0.281 e. The number of amides is 1. The Morgan fingerprint density at radius 3 is 2.85 bits per heavy atom. The van der Waals surface area contributed by atoms with E-state index in [4.69, 9.17) is 21.3 Å². The van der Waals surface area contributed by atoms with Crippen LogP contribution in [-0.4, -0.2) is 56.1 Å². The molecule has 2 atom stereocenters. The van der Waals surface area contributed by atoms with Crippen molar-refractivity contribution in [2.75, 3.05) is 29.6 Å². The van der Waals surface area contributed by atoms with Gasteiger partial charge in [0.15, 0.2) is 5.69 Å². The fourth-order valence-corrected chi connectivity index (χ4v) is 5.25. The molecule has 3 aromatic heterocycles. The average molecular weight is 569 g/mol. The van der Waals surface area contributed by atoms with Crippen LogP contribution in [0.4, 0.5) is 11.6 Å². The number of H-pyrrole nitrogens is 1. The van der Waals surface area contributed by atoms with Gasteiger partial charge in [-0.1, -0.05) is 29.6 Å². The smallest absolute Gasteiger partial charge is 0.281 e. The minimum atomic E-state index is -0.357. The van der Waals surface area contributed by atoms with Crippen molar-refractivity contribution < 1.29 is 9.53 Å². The first-order chi connectivity index (χ1) is 18.7. The predicted molar refractivity (Wildman–Crippen MR) is 154 cm³/mol. The van der Waals surface area contributed by atoms with Gasteiger partial charge in [-0.05, 0) is 37.6 Å². The van der Waals surface area contributed by atoms with Crippen LogP contribution in [0.5, 0.6) is 5.88 Å². The molecule has 1 aromatic carbocycles. The quantitative estimate of drug-likeness (QED) is 0.214. The topological polar surface area (TPSA) is 130 Å². The Morgan fingerprint density at radius 1 is 1.28 bits per heavy atom. The van der Waals surface area contributed by atoms with Crippen LogP contribution in [0.2, 0.25) is 5.15 Å². The van der Waals surface area contributed by atoms with Gasteiger partial charge in [-0.15, -0.1) is 0 Å². The number of benzene rings is 1. The van der Waals surface area contributed by atoms with Crippen molar-refractivity contribution in [3.63, 3.8) is 0 Å². The van der Waals surface area contributed by atoms with Crippen molar-refractivity contribution in [3.8, 4) is 5.88 Å². The molecule has 4 aromatic rings. The number of ether oxygens (including phenoxy) is 1. The van der Waals surface area contributed by atoms with Crippen LogP contribution >= 0.6 is 23.5 Å². The van der Waals surface area contributed by atoms with E-state index in [9.17, 15) is 9.59 Å². The van der Waals surface area contributed by atoms with Crippen LogP contribution in [0, 0.1) is 6.92 Å². The van der Waals surface area contributed by atoms with Gasteiger partial charge in [0.05, 0.1) is 35.4 Å². The van der Waals surface area contributed by atoms with Gasteiger partial charge in [0.1, 0.15) is 11.3 Å². The highest BCUT2D eigenvalue weighted by Gasteiger charge is 2.28. The molecule has 1 aliphatic rings. The lowest BCUT2D eigenvalue weighted by Crippen LogP contribution is -2.32. The van der Waals surface area contributed by atoms with Crippen LogP contribution in [0.3, 0.4) is 0 Å². The summed E-state index contributed by atoms with van der Waals surface area (Å²) in [6, 6.07) is 8.69. The van der Waals surface area contributed by atoms with Crippen molar-refractivity contribution in [1.29, 1.82) is 0 Å². The number of fused-ring (bicyclic) bond motifs is 1. The van der Waals surface area contributed by atoms with Gasteiger partial charge in [0, 0.05) is 37.9 Å². The molecule has 13 heteroatoms. The molecule has 1 aliphatic heterocycles. The number of rotatable bonds is 8. The van der Waals surface area contributed by atoms with Crippen molar-refractivity contribution in [2.24, 2.45) is 7.05 Å². The molecule has 1 saturated heterocycles. The van der Waals surface area contributed by atoms with Gasteiger partial charge < -0.3 is 15.0 Å². The summed E-state index contributed by atoms with van der Waals surface area (Å²) < 4.78 is 10.3. The number of hydrogen-bond acceptors (Lipinski definition) is 9. The van der Waals surface area contributed by atoms with Gasteiger partial charge in [0.2, 0.25) is 11.8 Å². The first-order valence-corrected chi connectivity index (χ1v) is 14.0. The van der Waals surface area contributed by atoms with Crippen LogP contribution in [0.1, 0.15) is 41.0 Å². The molecule has 0 aliphatic carbocycles. The molecule has 5 rings (SSSR count). The second-order valence-electron chi connectivity index (χ2n) is 9.45. The summed E-state index contributed by atoms with van der Waals surface area (Å²) in [5.74, 6) is 0.833. The van der Waals surface area contributed by atoms with Crippen LogP contribution in [0.15, 0.2) is 41.3 Å². The highest BCUT2D eigenvalue weighted by Crippen LogP contribution is 2.30. The fraction of sp³-hybridized carbons (Fsp3) is 0.346. The first-order valence-electron chi connectivity index (χ1n) is 12.4. The number of aromatic nitrogens is 5. The Labute approximate surface area is 234 Å². The number of halogens is 1. The normalized spacial score (nSPS) is 15.9. The summed E-state index contributed by atoms with van der Waals surface area (Å²) in [6.45, 7) is 5.19. The largest absolute Gasteiger partial charge is 0.473 e. The minimum Gasteiger partial charge on any atom is -0.473 e. The molecule has 11 nitrogen and oxygen atoms in total. The highest BCUT2D eigenvalue weighted by molar-refractivity contribution is 7.97. The zero-order valence-corrected chi connectivity index (χ0v) is 23.6. The molecule has 1 amide bonds. The lowest BCUT2D eigenvalue weighted by Gasteiger charge is -2.23. The summed E-state index contributed by atoms with van der Waals surface area (Å²) >= 11 is 7.26. The first kappa shape index (κ1) is 26.8. The average Bonchev–Trinajstić information content (AvgIpc) is 3.60. The Hall–Kier alpha value is -3.77. The summed E-state index contributed by atoms with van der Waals surface area (Å²) in [4.78, 5) is 37.5. The number of aryl methyl sites for hydroxylation is 1. The molecular formula is C26H29ClN8O3S. The number of aromatic amines is 1. The zero-order chi connectivity index (χ0) is 27.7. The molecule has 0 bridgehead atoms. The number of carbonyl (C=O) groups excluding carboxylic acids is 1. The lowest BCUT2D eigenvalue weighted by molar-refractivity contribution is 0.0980. The second kappa shape index (κ2) is 11.1. The van der Waals surface area contributed by atoms with E-state index in [1.54, 1.807) is 42.3 Å². The van der Waals surface area contributed by atoms with Crippen molar-refractivity contribution in [2.45, 2.75) is 32.4 Å². The fourth-order valence-electron chi connectivity index (χ4n) is 4.83. The summed E-state index contributed by atoms with van der Waals surface area (Å²) in [6.07, 6.45) is 4.13. The molecule has 4 heterocycles. The number of anilines is 2. The van der Waals surface area contributed by atoms with Gasteiger partial charge in [-0.25, -0.2) is 15.1 Å². The number of nitrogens with one attached hydrogen (secondary N) is 3. The Morgan fingerprint density at radius 2 is 2.10 bits per heavy atom. The Balaban J connectivity index is 1.50. The van der Waals surface area contributed by atoms with Crippen LogP contribution in [-0.2, 0) is 7.05 Å². The third-order valence-corrected chi connectivity index (χ3v) is 7.24. The molecule has 0 radical (unpaired) electrons. The molecule has 39 heavy (non-hydrogen) atoms. The number of pyridine rings is 1. The van der Waals surface area contributed by atoms with E-state index in [0.29, 0.717) is 41.5 Å². The maximum absolute atomic E-state index is 13.5. The SMILES string of the molecule is CSNC(=O)c1nc(Cl)ccc1NC(C)c1cc(C)cc2c(=O)n(C)c(N3CCC(Oc4ccn[nH]4)C3)nc12. The van der Waals surface area contributed by atoms with Gasteiger partial charge in [0.25, 0.3) is 11.5 Å². The third-order valence-electron chi connectivity index (χ3n) is 6.64. The monoisotopic (exact) mass is 568 g/mol. The van der Waals surface area contributed by atoms with E-state index in [2.05, 4.69) is 30.1 Å². The summed E-state index contributed by atoms with van der Waals surface area (Å²) in [7, 11) is 1.74. The zero-order valence-electron chi connectivity index (χ0n) is 22.0. The number of nitrogens with zero attached hydrogens (tertiary/aromatic N) is 5. The highest BCUT2D eigenvalue weighted by atomic mass is 35.5. The second-order valence-corrected chi connectivity index (χ2v) is 10.5. The van der Waals surface area contributed by atoms with Gasteiger partial charge >= 0.3 is 0 Å². The van der Waals surface area contributed by atoms with E-state index in [1.807, 2.05) is 26.0 Å². The van der Waals surface area contributed by atoms with Crippen molar-refractivity contribution >= 4 is 52.0 Å². The Bertz CT molecular complexity index is 1580. The molecule has 0 saturated carbocycles. The maximum atomic E-state index is 13.5. The van der Waals surface area contributed by atoms with Crippen molar-refractivity contribution in [1.82, 2.24) is 29.5 Å². The van der Waals surface area contributed by atoms with Gasteiger partial charge in [-0.2, -0.15) is 5.10 Å². The number of carbonyl (C=O) groups is 1. The van der Waals surface area contributed by atoms with E-state index in [1.165, 1.54) is 11.9 Å². The standard InChI is InChI=1S/C26H29ClN8O3S/c1-14-11-17(15(2)29-19-5-6-20(27)30-23(19)24(36)33-39-4)22-18(12-14)25(37)34(3)26(31-22)35-10-8-16(13-35)38-21-7-9-28-32-21/h5-7,9,11-12,15-16,29H,8,10,13H2,1-4H3,(H,28,32)(H,33,36). The molecule has 0 spiro atoms. The lowest BCUT2D eigenvalue weighted by atomic mass is 10.0. The van der Waals surface area contributed by atoms with E-state index < -0.39 is 0 Å². The predicted octanol–water partition coefficient (Wildman–Crippen LogP) is 3.85.